The first-order valence-electron chi connectivity index (χ1n) is 12.9. The van der Waals surface area contributed by atoms with Gasteiger partial charge in [0.2, 0.25) is 0 Å². The van der Waals surface area contributed by atoms with Gasteiger partial charge in [-0.25, -0.2) is 28.7 Å². The Balaban J connectivity index is 1.21. The van der Waals surface area contributed by atoms with Crippen LogP contribution in [0.15, 0.2) is 30.0 Å². The van der Waals surface area contributed by atoms with Crippen molar-refractivity contribution in [2.45, 2.75) is 49.1 Å². The molecule has 7 rings (SSSR count). The number of nitrogens with two attached hydrogens (primary N) is 1. The predicted octanol–water partition coefficient (Wildman–Crippen LogP) is 0.0304. The molecule has 3 saturated heterocycles. The van der Waals surface area contributed by atoms with Crippen LogP contribution in [-0.2, 0) is 51.2 Å². The number of rotatable bonds is 2. The summed E-state index contributed by atoms with van der Waals surface area (Å²) in [6, 6.07) is 0. The summed E-state index contributed by atoms with van der Waals surface area (Å²) < 4.78 is 67.0. The molecule has 0 spiro atoms. The molecule has 2 bridgehead atoms. The van der Waals surface area contributed by atoms with Gasteiger partial charge in [-0.15, -0.1) is 0 Å². The van der Waals surface area contributed by atoms with Gasteiger partial charge in [0, 0.05) is 6.20 Å². The number of anilines is 1. The molecule has 0 amide bonds. The second-order valence-electron chi connectivity index (χ2n) is 10.1. The van der Waals surface area contributed by atoms with E-state index in [9.17, 15) is 24.1 Å². The van der Waals surface area contributed by atoms with Crippen LogP contribution in [-0.4, -0.2) is 98.9 Å². The van der Waals surface area contributed by atoms with E-state index in [1.807, 2.05) is 0 Å². The normalized spacial score (nSPS) is 37.7. The Hall–Kier alpha value is -2.43. The number of ether oxygens (including phenoxy) is 2. The Morgan fingerprint density at radius 1 is 0.978 bits per heavy atom. The lowest BCUT2D eigenvalue weighted by molar-refractivity contribution is -0.0602. The van der Waals surface area contributed by atoms with Crippen molar-refractivity contribution in [1.82, 2.24) is 34.1 Å². The molecule has 3 aliphatic rings. The number of nitrogen functional groups attached to an aromatic ring is 1. The van der Waals surface area contributed by atoms with Crippen LogP contribution in [0.4, 0.5) is 14.6 Å². The average Bonchev–Trinajstić information content (AvgIpc) is 3.71. The maximum absolute atomic E-state index is 16.0. The van der Waals surface area contributed by atoms with Gasteiger partial charge in [0.15, 0.2) is 41.6 Å². The molecule has 4 aromatic heterocycles. The van der Waals surface area contributed by atoms with Crippen LogP contribution >= 0.6 is 13.4 Å². The maximum atomic E-state index is 16.0. The third-order valence-corrected chi connectivity index (χ3v) is 10.5. The highest BCUT2D eigenvalue weighted by Gasteiger charge is 2.53. The van der Waals surface area contributed by atoms with E-state index in [1.54, 1.807) is 0 Å². The van der Waals surface area contributed by atoms with E-state index in [2.05, 4.69) is 24.9 Å². The van der Waals surface area contributed by atoms with Gasteiger partial charge < -0.3 is 48.7 Å². The van der Waals surface area contributed by atoms with Gasteiger partial charge in [-0.05, 0) is 23.6 Å². The number of hydrogen-bond acceptors (Lipinski definition) is 15. The molecule has 24 heteroatoms. The summed E-state index contributed by atoms with van der Waals surface area (Å²) in [6.45, 7) is -9.89. The van der Waals surface area contributed by atoms with E-state index in [4.69, 9.17) is 56.9 Å². The highest BCUT2D eigenvalue weighted by molar-refractivity contribution is 8.07. The molecule has 2 unspecified atom stereocenters. The minimum Gasteiger partial charge on any atom is -0.387 e. The number of hydrogen-bond donors (Lipinski definition) is 5. The summed E-state index contributed by atoms with van der Waals surface area (Å²) >= 11 is 10.3. The quantitative estimate of drug-likeness (QED) is 0.173. The number of imidazole rings is 1. The lowest BCUT2D eigenvalue weighted by Crippen LogP contribution is -2.35. The van der Waals surface area contributed by atoms with Crippen molar-refractivity contribution in [3.8, 4) is 0 Å². The van der Waals surface area contributed by atoms with Gasteiger partial charge in [-0.3, -0.25) is 18.4 Å². The Kier molecular flexibility index (Phi) is 7.88. The van der Waals surface area contributed by atoms with Crippen LogP contribution in [0.5, 0.6) is 0 Å². The third-order valence-electron chi connectivity index (χ3n) is 7.40. The van der Waals surface area contributed by atoms with E-state index < -0.39 is 92.6 Å². The van der Waals surface area contributed by atoms with E-state index >= 15 is 4.39 Å². The molecular weight excluding hydrogens is 688 g/mol. The lowest BCUT2D eigenvalue weighted by atomic mass is 10.1. The van der Waals surface area contributed by atoms with E-state index in [0.29, 0.717) is 0 Å². The number of aromatic amines is 1. The molecule has 4 aromatic rings. The first-order chi connectivity index (χ1) is 21.3. The molecule has 10 atom stereocenters. The van der Waals surface area contributed by atoms with Gasteiger partial charge in [0.25, 0.3) is 5.56 Å². The Morgan fingerprint density at radius 3 is 2.42 bits per heavy atom. The highest BCUT2D eigenvalue weighted by atomic mass is 32.5. The van der Waals surface area contributed by atoms with Crippen LogP contribution < -0.4 is 11.3 Å². The number of aliphatic hydroxyl groups is 1. The number of H-pyrrole nitrogens is 1. The number of halogens is 2. The van der Waals surface area contributed by atoms with Gasteiger partial charge in [0.05, 0.1) is 25.9 Å². The van der Waals surface area contributed by atoms with Crippen LogP contribution in [0.1, 0.15) is 12.5 Å². The fraction of sp³-hybridized carbons (Fsp3) is 0.476. The molecule has 3 aliphatic heterocycles. The number of fused-ring (bicyclic) bond motifs is 5. The molecule has 0 saturated carbocycles. The van der Waals surface area contributed by atoms with Crippen molar-refractivity contribution >= 4 is 65.1 Å². The van der Waals surface area contributed by atoms with Gasteiger partial charge in [-0.2, -0.15) is 0 Å². The molecule has 0 radical (unpaired) electrons. The largest absolute Gasteiger partial charge is 0.387 e. The third kappa shape index (κ3) is 5.52. The van der Waals surface area contributed by atoms with Crippen LogP contribution in [0.2, 0.25) is 0 Å². The van der Waals surface area contributed by atoms with Gasteiger partial charge in [0.1, 0.15) is 47.8 Å². The monoisotopic (exact) mass is 710 g/mol. The Labute approximate surface area is 259 Å². The van der Waals surface area contributed by atoms with Crippen LogP contribution in [0, 0.1) is 5.82 Å². The second-order valence-corrected chi connectivity index (χ2v) is 15.7. The van der Waals surface area contributed by atoms with Gasteiger partial charge >= 0.3 is 13.4 Å². The van der Waals surface area contributed by atoms with Crippen molar-refractivity contribution in [2.24, 2.45) is 0 Å². The first-order valence-corrected chi connectivity index (χ1v) is 18.1. The summed E-state index contributed by atoms with van der Waals surface area (Å²) in [7, 11) is 0. The average molecular weight is 711 g/mol. The number of alkyl halides is 1. The molecule has 242 valence electrons. The molecule has 7 heterocycles. The van der Waals surface area contributed by atoms with Crippen LogP contribution in [0.25, 0.3) is 22.2 Å². The standard InChI is InChI=1S/C21H22F2N8O10P2S2/c22-7-1-30(17-10(7)19(33)28-5-26-17)21-15-13(32)8(38-21)2-36-42(34,44)40-14-9(3-37-43(35,45)41-15)39-20(11(14)23)31-6-29-12-16(24)25-4-27-18(12)31/h1,4-6,8-9,11,13-15,20-21,32H,2-3H2,(H,34,44)(H,35,45)(H2,24,25,27)(H,26,28,33)/t8-,9-,11-,13-,14-,15-,20-,21-,42?,43?/m0/s1. The summed E-state index contributed by atoms with van der Waals surface area (Å²) in [4.78, 5) is 52.5. The Bertz CT molecular complexity index is 1950. The minimum absolute atomic E-state index is 0.0437. The first kappa shape index (κ1) is 31.2. The SMILES string of the molecule is Nc1ncnc2c1ncn2[C@H]1O[C@H]2COP(O)(=S)O[C@H]3[C@@H](O)[C@H](COP(O)(=S)O[C@@H]2[C@@H]1F)O[C@@H]3n1cc(F)c2c(=O)[nH]cnc21. The molecule has 45 heavy (non-hydrogen) atoms. The summed E-state index contributed by atoms with van der Waals surface area (Å²) in [6.07, 6.45) is -8.10. The van der Waals surface area contributed by atoms with Crippen molar-refractivity contribution < 1.29 is 51.2 Å². The summed E-state index contributed by atoms with van der Waals surface area (Å²) in [5.41, 5.74) is 5.21. The fourth-order valence-electron chi connectivity index (χ4n) is 5.37. The van der Waals surface area contributed by atoms with E-state index in [1.165, 1.54) is 10.9 Å². The molecule has 0 aliphatic carbocycles. The fourth-order valence-corrected chi connectivity index (χ4v) is 8.22. The van der Waals surface area contributed by atoms with Gasteiger partial charge in [-0.1, -0.05) is 0 Å². The zero-order valence-corrected chi connectivity index (χ0v) is 25.7. The zero-order valence-electron chi connectivity index (χ0n) is 22.3. The van der Waals surface area contributed by atoms with E-state index in [0.717, 1.165) is 23.4 Å². The van der Waals surface area contributed by atoms with Crippen molar-refractivity contribution in [2.75, 3.05) is 18.9 Å². The summed E-state index contributed by atoms with van der Waals surface area (Å²) in [5, 5.41) is 10.7. The molecule has 3 fully saturated rings. The second kappa shape index (κ2) is 11.4. The Morgan fingerprint density at radius 2 is 1.67 bits per heavy atom. The number of nitrogens with zero attached hydrogens (tertiary/aromatic N) is 6. The number of aliphatic hydroxyl groups excluding tert-OH is 1. The maximum Gasteiger partial charge on any atom is 0.325 e. The lowest BCUT2D eigenvalue weighted by Gasteiger charge is -2.28. The smallest absolute Gasteiger partial charge is 0.325 e. The summed E-state index contributed by atoms with van der Waals surface area (Å²) in [5.74, 6) is -0.911. The topological polar surface area (TPSA) is 236 Å². The molecule has 0 aromatic carbocycles. The number of aromatic nitrogens is 7. The molecule has 18 nitrogen and oxygen atoms in total. The molecular formula is C21H22F2N8O10P2S2. The predicted molar refractivity (Wildman–Crippen MR) is 153 cm³/mol. The zero-order chi connectivity index (χ0) is 31.8. The minimum atomic E-state index is -4.32. The number of nitrogens with one attached hydrogen (secondary N) is 1. The van der Waals surface area contributed by atoms with Crippen molar-refractivity contribution in [1.29, 1.82) is 0 Å². The van der Waals surface area contributed by atoms with Crippen molar-refractivity contribution in [3.05, 3.63) is 41.3 Å². The highest BCUT2D eigenvalue weighted by Crippen LogP contribution is 2.54. The molecule has 6 N–H and O–H groups in total. The van der Waals surface area contributed by atoms with Crippen LogP contribution in [0.3, 0.4) is 0 Å². The van der Waals surface area contributed by atoms with Crippen molar-refractivity contribution in [3.63, 3.8) is 0 Å². The van der Waals surface area contributed by atoms with E-state index in [-0.39, 0.29) is 22.6 Å².